The van der Waals surface area contributed by atoms with Crippen molar-refractivity contribution in [3.05, 3.63) is 28.8 Å². The lowest BCUT2D eigenvalue weighted by Gasteiger charge is -2.27. The van der Waals surface area contributed by atoms with Crippen LogP contribution in [-0.4, -0.2) is 43.0 Å². The normalized spacial score (nSPS) is 17.2. The molecule has 1 aromatic rings. The minimum atomic E-state index is 0. The third-order valence-corrected chi connectivity index (χ3v) is 4.35. The van der Waals surface area contributed by atoms with E-state index in [1.165, 1.54) is 5.56 Å². The highest BCUT2D eigenvalue weighted by atomic mass is 35.5. The van der Waals surface area contributed by atoms with Gasteiger partial charge >= 0.3 is 0 Å². The summed E-state index contributed by atoms with van der Waals surface area (Å²) in [5.41, 5.74) is 4.47. The number of rotatable bonds is 6. The molecule has 0 aromatic heterocycles. The molecule has 0 saturated carbocycles. The zero-order valence-electron chi connectivity index (χ0n) is 14.7. The third-order valence-electron chi connectivity index (χ3n) is 4.35. The summed E-state index contributed by atoms with van der Waals surface area (Å²) in [6.07, 6.45) is 2.21. The number of halogens is 1. The maximum atomic E-state index is 12.5. The molecule has 1 aromatic carbocycles. The molecule has 0 spiro atoms. The Kier molecular flexibility index (Phi) is 8.03. The van der Waals surface area contributed by atoms with E-state index in [1.54, 1.807) is 0 Å². The minimum absolute atomic E-state index is 0. The maximum absolute atomic E-state index is 12.5. The molecule has 1 aliphatic heterocycles. The van der Waals surface area contributed by atoms with Gasteiger partial charge in [-0.05, 0) is 57.8 Å². The quantitative estimate of drug-likeness (QED) is 0.837. The number of nitrogens with zero attached hydrogens (tertiary/aromatic N) is 1. The average molecular weight is 340 g/mol. The van der Waals surface area contributed by atoms with Crippen LogP contribution < -0.4 is 10.6 Å². The van der Waals surface area contributed by atoms with Gasteiger partial charge in [-0.25, -0.2) is 0 Å². The van der Waals surface area contributed by atoms with Crippen LogP contribution in [0.15, 0.2) is 12.1 Å². The Labute approximate surface area is 146 Å². The van der Waals surface area contributed by atoms with Gasteiger partial charge in [0, 0.05) is 18.3 Å². The molecule has 1 atom stereocenters. The highest BCUT2D eigenvalue weighted by Crippen LogP contribution is 2.22. The van der Waals surface area contributed by atoms with E-state index in [1.807, 2.05) is 0 Å². The number of nitrogens with one attached hydrogen (secondary N) is 2. The standard InChI is InChI=1S/C18H29N3O.ClH/c1-5-8-21(16-6-7-19-11-16)12-17(22)20-18-14(3)9-13(2)10-15(18)4;/h9-10,16,19H,5-8,11-12H2,1-4H3,(H,20,22);1H. The molecule has 0 aliphatic carbocycles. The van der Waals surface area contributed by atoms with Gasteiger partial charge in [0.2, 0.25) is 5.91 Å². The summed E-state index contributed by atoms with van der Waals surface area (Å²) in [6.45, 7) is 11.9. The Morgan fingerprint density at radius 2 is 1.96 bits per heavy atom. The maximum Gasteiger partial charge on any atom is 0.238 e. The van der Waals surface area contributed by atoms with Crippen LogP contribution >= 0.6 is 12.4 Å². The second-order valence-electron chi connectivity index (χ2n) is 6.44. The lowest BCUT2D eigenvalue weighted by molar-refractivity contribution is -0.117. The van der Waals surface area contributed by atoms with E-state index in [2.05, 4.69) is 55.4 Å². The number of benzene rings is 1. The number of carbonyl (C=O) groups is 1. The SMILES string of the molecule is CCCN(CC(=O)Nc1c(C)cc(C)cc1C)C1CCNC1.Cl. The van der Waals surface area contributed by atoms with E-state index < -0.39 is 0 Å². The van der Waals surface area contributed by atoms with E-state index >= 15 is 0 Å². The monoisotopic (exact) mass is 339 g/mol. The Morgan fingerprint density at radius 1 is 1.30 bits per heavy atom. The van der Waals surface area contributed by atoms with E-state index in [9.17, 15) is 4.79 Å². The molecule has 2 N–H and O–H groups in total. The zero-order valence-corrected chi connectivity index (χ0v) is 15.6. The van der Waals surface area contributed by atoms with Crippen molar-refractivity contribution >= 4 is 24.0 Å². The largest absolute Gasteiger partial charge is 0.324 e. The fourth-order valence-corrected chi connectivity index (χ4v) is 3.37. The van der Waals surface area contributed by atoms with Crippen LogP contribution in [0.3, 0.4) is 0 Å². The van der Waals surface area contributed by atoms with Gasteiger partial charge < -0.3 is 10.6 Å². The highest BCUT2D eigenvalue weighted by Gasteiger charge is 2.23. The van der Waals surface area contributed by atoms with E-state index in [0.717, 1.165) is 49.3 Å². The average Bonchev–Trinajstić information content (AvgIpc) is 2.96. The van der Waals surface area contributed by atoms with Crippen molar-refractivity contribution < 1.29 is 4.79 Å². The second-order valence-corrected chi connectivity index (χ2v) is 6.44. The van der Waals surface area contributed by atoms with Crippen LogP contribution in [0.1, 0.15) is 36.5 Å². The van der Waals surface area contributed by atoms with Crippen molar-refractivity contribution in [2.45, 2.75) is 46.6 Å². The first-order valence-electron chi connectivity index (χ1n) is 8.33. The fourth-order valence-electron chi connectivity index (χ4n) is 3.37. The second kappa shape index (κ2) is 9.26. The zero-order chi connectivity index (χ0) is 16.1. The summed E-state index contributed by atoms with van der Waals surface area (Å²) in [5.74, 6) is 0.0930. The lowest BCUT2D eigenvalue weighted by atomic mass is 10.1. The molecule has 0 bridgehead atoms. The topological polar surface area (TPSA) is 44.4 Å². The molecule has 4 nitrogen and oxygen atoms in total. The Balaban J connectivity index is 0.00000264. The Morgan fingerprint density at radius 3 is 2.48 bits per heavy atom. The number of hydrogen-bond donors (Lipinski definition) is 2. The first-order chi connectivity index (χ1) is 10.5. The summed E-state index contributed by atoms with van der Waals surface area (Å²) < 4.78 is 0. The number of hydrogen-bond acceptors (Lipinski definition) is 3. The van der Waals surface area contributed by atoms with Crippen LogP contribution in [0.5, 0.6) is 0 Å². The van der Waals surface area contributed by atoms with Gasteiger partial charge in [0.15, 0.2) is 0 Å². The molecule has 1 fully saturated rings. The van der Waals surface area contributed by atoms with Crippen LogP contribution in [-0.2, 0) is 4.79 Å². The smallest absolute Gasteiger partial charge is 0.238 e. The van der Waals surface area contributed by atoms with Crippen molar-refractivity contribution in [2.24, 2.45) is 0 Å². The number of aryl methyl sites for hydroxylation is 3. The predicted octanol–water partition coefficient (Wildman–Crippen LogP) is 3.05. The number of carbonyl (C=O) groups excluding carboxylic acids is 1. The van der Waals surface area contributed by atoms with Crippen LogP contribution in [0, 0.1) is 20.8 Å². The molecule has 1 aliphatic rings. The summed E-state index contributed by atoms with van der Waals surface area (Å²) in [5, 5.41) is 6.50. The van der Waals surface area contributed by atoms with Crippen LogP contribution in [0.25, 0.3) is 0 Å². The van der Waals surface area contributed by atoms with Gasteiger partial charge in [-0.15, -0.1) is 12.4 Å². The molecule has 1 amide bonds. The van der Waals surface area contributed by atoms with Gasteiger partial charge in [-0.3, -0.25) is 9.69 Å². The van der Waals surface area contributed by atoms with Crippen LogP contribution in [0.4, 0.5) is 5.69 Å². The molecular weight excluding hydrogens is 310 g/mol. The predicted molar refractivity (Wildman–Crippen MR) is 99.7 cm³/mol. The van der Waals surface area contributed by atoms with E-state index in [0.29, 0.717) is 12.6 Å². The summed E-state index contributed by atoms with van der Waals surface area (Å²) in [4.78, 5) is 14.8. The summed E-state index contributed by atoms with van der Waals surface area (Å²) >= 11 is 0. The van der Waals surface area contributed by atoms with Crippen molar-refractivity contribution in [2.75, 3.05) is 31.5 Å². The molecular formula is C18H30ClN3O. The van der Waals surface area contributed by atoms with Crippen LogP contribution in [0.2, 0.25) is 0 Å². The molecule has 0 radical (unpaired) electrons. The molecule has 130 valence electrons. The molecule has 1 saturated heterocycles. The summed E-state index contributed by atoms with van der Waals surface area (Å²) in [7, 11) is 0. The van der Waals surface area contributed by atoms with Crippen molar-refractivity contribution in [1.82, 2.24) is 10.2 Å². The van der Waals surface area contributed by atoms with Gasteiger partial charge in [0.25, 0.3) is 0 Å². The van der Waals surface area contributed by atoms with Crippen molar-refractivity contribution in [3.8, 4) is 0 Å². The fraction of sp³-hybridized carbons (Fsp3) is 0.611. The van der Waals surface area contributed by atoms with Gasteiger partial charge in [0.1, 0.15) is 0 Å². The third kappa shape index (κ3) is 5.48. The first-order valence-corrected chi connectivity index (χ1v) is 8.33. The molecule has 1 unspecified atom stereocenters. The number of amides is 1. The lowest BCUT2D eigenvalue weighted by Crippen LogP contribution is -2.42. The van der Waals surface area contributed by atoms with E-state index in [-0.39, 0.29) is 18.3 Å². The minimum Gasteiger partial charge on any atom is -0.324 e. The van der Waals surface area contributed by atoms with Gasteiger partial charge in [-0.2, -0.15) is 0 Å². The molecule has 2 rings (SSSR count). The molecule has 5 heteroatoms. The van der Waals surface area contributed by atoms with E-state index in [4.69, 9.17) is 0 Å². The Hall–Kier alpha value is -1.10. The van der Waals surface area contributed by atoms with Gasteiger partial charge in [-0.1, -0.05) is 24.6 Å². The van der Waals surface area contributed by atoms with Crippen molar-refractivity contribution in [1.29, 1.82) is 0 Å². The molecule has 1 heterocycles. The highest BCUT2D eigenvalue weighted by molar-refractivity contribution is 5.93. The number of anilines is 1. The Bertz CT molecular complexity index is 504. The molecule has 23 heavy (non-hydrogen) atoms. The van der Waals surface area contributed by atoms with Crippen molar-refractivity contribution in [3.63, 3.8) is 0 Å². The van der Waals surface area contributed by atoms with Gasteiger partial charge in [0.05, 0.1) is 6.54 Å². The first kappa shape index (κ1) is 19.9. The summed E-state index contributed by atoms with van der Waals surface area (Å²) in [6, 6.07) is 4.73.